The number of hydrogen-bond donors (Lipinski definition) is 0. The Kier molecular flexibility index (Phi) is 5.71. The number of anilines is 1. The van der Waals surface area contributed by atoms with Crippen LogP contribution in [0.2, 0.25) is 5.02 Å². The largest absolute Gasteiger partial charge is 0.311 e. The predicted molar refractivity (Wildman–Crippen MR) is 112 cm³/mol. The first-order chi connectivity index (χ1) is 14.7. The molecule has 31 heavy (non-hydrogen) atoms. The summed E-state index contributed by atoms with van der Waals surface area (Å²) in [5.74, 6) is -1.23. The molecule has 2 aromatic rings. The lowest BCUT2D eigenvalue weighted by atomic mass is 9.96. The number of benzene rings is 2. The third-order valence-corrected chi connectivity index (χ3v) is 7.96. The lowest BCUT2D eigenvalue weighted by molar-refractivity contribution is -0.384. The van der Waals surface area contributed by atoms with Gasteiger partial charge in [-0.25, -0.2) is 12.8 Å². The standard InChI is InChI=1S/C20H19ClFN3O5S/c21-17-12-16(3-4-18(17)22)31(29,30)23-8-5-14(6-9-23)20(26)24-10-7-13-1-2-15(25(27)28)11-19(13)24/h1-4,11-12,14H,5-10H2. The topological polar surface area (TPSA) is 101 Å². The van der Waals surface area contributed by atoms with Gasteiger partial charge in [-0.1, -0.05) is 17.7 Å². The van der Waals surface area contributed by atoms with Crippen molar-refractivity contribution in [3.05, 3.63) is 62.9 Å². The second-order valence-corrected chi connectivity index (χ2v) is 9.91. The zero-order valence-corrected chi connectivity index (χ0v) is 17.9. The molecule has 2 heterocycles. The Hall–Kier alpha value is -2.56. The Labute approximate surface area is 183 Å². The van der Waals surface area contributed by atoms with Crippen molar-refractivity contribution in [3.63, 3.8) is 0 Å². The van der Waals surface area contributed by atoms with Gasteiger partial charge in [0.2, 0.25) is 15.9 Å². The highest BCUT2D eigenvalue weighted by Crippen LogP contribution is 2.34. The molecule has 0 unspecified atom stereocenters. The molecule has 0 atom stereocenters. The summed E-state index contributed by atoms with van der Waals surface area (Å²) in [5.41, 5.74) is 1.36. The molecule has 0 aromatic heterocycles. The number of fused-ring (bicyclic) bond motifs is 1. The molecule has 164 valence electrons. The SMILES string of the molecule is O=C(C1CCN(S(=O)(=O)c2ccc(F)c(Cl)c2)CC1)N1CCc2ccc([N+](=O)[O-])cc21. The summed E-state index contributed by atoms with van der Waals surface area (Å²) in [4.78, 5) is 25.1. The predicted octanol–water partition coefficient (Wildman–Crippen LogP) is 3.38. The quantitative estimate of drug-likeness (QED) is 0.507. The van der Waals surface area contributed by atoms with Crippen molar-refractivity contribution in [3.8, 4) is 0 Å². The van der Waals surface area contributed by atoms with Crippen LogP contribution in [0.4, 0.5) is 15.8 Å². The normalized spacial score (nSPS) is 17.5. The Morgan fingerprint density at radius 3 is 2.48 bits per heavy atom. The summed E-state index contributed by atoms with van der Waals surface area (Å²) in [6, 6.07) is 7.77. The molecular formula is C20H19ClFN3O5S. The third kappa shape index (κ3) is 4.02. The fourth-order valence-electron chi connectivity index (χ4n) is 4.06. The Bertz CT molecular complexity index is 1170. The van der Waals surface area contributed by atoms with Crippen LogP contribution < -0.4 is 4.90 Å². The first-order valence-electron chi connectivity index (χ1n) is 9.72. The van der Waals surface area contributed by atoms with Crippen molar-refractivity contribution >= 4 is 38.9 Å². The summed E-state index contributed by atoms with van der Waals surface area (Å²) in [5, 5.41) is 10.8. The number of halogens is 2. The second-order valence-electron chi connectivity index (χ2n) is 7.56. The molecule has 11 heteroatoms. The van der Waals surface area contributed by atoms with E-state index in [-0.39, 0.29) is 40.5 Å². The summed E-state index contributed by atoms with van der Waals surface area (Å²) in [6.45, 7) is 0.731. The van der Waals surface area contributed by atoms with E-state index in [4.69, 9.17) is 11.6 Å². The van der Waals surface area contributed by atoms with Crippen LogP contribution in [-0.2, 0) is 21.2 Å². The molecule has 1 saturated heterocycles. The van der Waals surface area contributed by atoms with Crippen molar-refractivity contribution < 1.29 is 22.5 Å². The zero-order chi connectivity index (χ0) is 22.3. The maximum absolute atomic E-state index is 13.4. The summed E-state index contributed by atoms with van der Waals surface area (Å²) in [7, 11) is -3.85. The van der Waals surface area contributed by atoms with Gasteiger partial charge < -0.3 is 4.90 Å². The minimum Gasteiger partial charge on any atom is -0.311 e. The average molecular weight is 468 g/mol. The van der Waals surface area contributed by atoms with Gasteiger partial charge in [-0.2, -0.15) is 4.31 Å². The molecule has 2 aliphatic heterocycles. The molecule has 2 aliphatic rings. The van der Waals surface area contributed by atoms with E-state index in [1.54, 1.807) is 11.0 Å². The summed E-state index contributed by atoms with van der Waals surface area (Å²) >= 11 is 5.72. The molecule has 0 aliphatic carbocycles. The number of carbonyl (C=O) groups is 1. The van der Waals surface area contributed by atoms with E-state index in [2.05, 4.69) is 0 Å². The van der Waals surface area contributed by atoms with Gasteiger partial charge in [0, 0.05) is 37.7 Å². The van der Waals surface area contributed by atoms with E-state index in [9.17, 15) is 27.7 Å². The minimum atomic E-state index is -3.85. The van der Waals surface area contributed by atoms with Crippen molar-refractivity contribution in [1.82, 2.24) is 4.31 Å². The van der Waals surface area contributed by atoms with Crippen LogP contribution in [0.1, 0.15) is 18.4 Å². The van der Waals surface area contributed by atoms with Gasteiger partial charge in [0.15, 0.2) is 0 Å². The van der Waals surface area contributed by atoms with Crippen molar-refractivity contribution in [2.45, 2.75) is 24.2 Å². The molecule has 0 spiro atoms. The van der Waals surface area contributed by atoms with Crippen molar-refractivity contribution in [1.29, 1.82) is 0 Å². The van der Waals surface area contributed by atoms with Gasteiger partial charge in [0.25, 0.3) is 5.69 Å². The molecule has 0 N–H and O–H groups in total. The highest BCUT2D eigenvalue weighted by molar-refractivity contribution is 7.89. The maximum atomic E-state index is 13.4. The molecule has 0 bridgehead atoms. The van der Waals surface area contributed by atoms with Crippen LogP contribution in [0.5, 0.6) is 0 Å². The van der Waals surface area contributed by atoms with Gasteiger partial charge >= 0.3 is 0 Å². The van der Waals surface area contributed by atoms with E-state index < -0.39 is 20.8 Å². The summed E-state index contributed by atoms with van der Waals surface area (Å²) < 4.78 is 40.3. The van der Waals surface area contributed by atoms with Crippen molar-refractivity contribution in [2.75, 3.05) is 24.5 Å². The third-order valence-electron chi connectivity index (χ3n) is 5.77. The number of rotatable bonds is 4. The van der Waals surface area contributed by atoms with E-state index in [1.165, 1.54) is 22.5 Å². The highest BCUT2D eigenvalue weighted by Gasteiger charge is 2.36. The lowest BCUT2D eigenvalue weighted by Crippen LogP contribution is -2.44. The fraction of sp³-hybridized carbons (Fsp3) is 0.350. The van der Waals surface area contributed by atoms with Crippen LogP contribution >= 0.6 is 11.6 Å². The molecule has 0 radical (unpaired) electrons. The van der Waals surface area contributed by atoms with Crippen LogP contribution in [0.3, 0.4) is 0 Å². The lowest BCUT2D eigenvalue weighted by Gasteiger charge is -2.32. The zero-order valence-electron chi connectivity index (χ0n) is 16.3. The molecule has 2 aromatic carbocycles. The first kappa shape index (κ1) is 21.7. The number of amides is 1. The van der Waals surface area contributed by atoms with Crippen LogP contribution in [-0.4, -0.2) is 43.2 Å². The molecule has 4 rings (SSSR count). The number of nitrogens with zero attached hydrogens (tertiary/aromatic N) is 3. The van der Waals surface area contributed by atoms with Gasteiger partial charge in [-0.15, -0.1) is 0 Å². The van der Waals surface area contributed by atoms with E-state index in [0.29, 0.717) is 31.5 Å². The van der Waals surface area contributed by atoms with Crippen LogP contribution in [0, 0.1) is 21.8 Å². The fourth-order valence-corrected chi connectivity index (χ4v) is 5.80. The van der Waals surface area contributed by atoms with E-state index in [1.807, 2.05) is 0 Å². The number of carbonyl (C=O) groups excluding carboxylic acids is 1. The Balaban J connectivity index is 1.46. The van der Waals surface area contributed by atoms with Gasteiger partial charge in [-0.05, 0) is 43.0 Å². The summed E-state index contributed by atoms with van der Waals surface area (Å²) in [6.07, 6.45) is 1.28. The molecule has 1 amide bonds. The molecule has 1 fully saturated rings. The van der Waals surface area contributed by atoms with E-state index in [0.717, 1.165) is 17.7 Å². The van der Waals surface area contributed by atoms with Crippen molar-refractivity contribution in [2.24, 2.45) is 5.92 Å². The monoisotopic (exact) mass is 467 g/mol. The number of nitro benzene ring substituents is 1. The number of hydrogen-bond acceptors (Lipinski definition) is 5. The number of nitro groups is 1. The Morgan fingerprint density at radius 1 is 1.13 bits per heavy atom. The minimum absolute atomic E-state index is 0.0719. The second kappa shape index (κ2) is 8.18. The highest BCUT2D eigenvalue weighted by atomic mass is 35.5. The molecule has 8 nitrogen and oxygen atoms in total. The number of sulfonamides is 1. The van der Waals surface area contributed by atoms with E-state index >= 15 is 0 Å². The maximum Gasteiger partial charge on any atom is 0.271 e. The van der Waals surface area contributed by atoms with Gasteiger partial charge in [0.05, 0.1) is 20.5 Å². The van der Waals surface area contributed by atoms with Gasteiger partial charge in [-0.3, -0.25) is 14.9 Å². The average Bonchev–Trinajstić information content (AvgIpc) is 3.18. The molecular weight excluding hydrogens is 449 g/mol. The smallest absolute Gasteiger partial charge is 0.271 e. The first-order valence-corrected chi connectivity index (χ1v) is 11.5. The number of piperidine rings is 1. The van der Waals surface area contributed by atoms with Gasteiger partial charge in [0.1, 0.15) is 5.82 Å². The van der Waals surface area contributed by atoms with Crippen LogP contribution in [0.15, 0.2) is 41.3 Å². The Morgan fingerprint density at radius 2 is 1.84 bits per heavy atom. The van der Waals surface area contributed by atoms with Crippen LogP contribution in [0.25, 0.3) is 0 Å². The molecule has 0 saturated carbocycles. The number of non-ortho nitro benzene ring substituents is 1.